The number of phosphoric acid groups is 1. The Kier molecular flexibility index (Phi) is 4.26. The number of aromatic amines is 3. The molecule has 0 atom stereocenters. The van der Waals surface area contributed by atoms with Crippen LogP contribution in [0.15, 0.2) is 19.0 Å². The standard InChI is InChI=1S/C15H12N15O4P/c16-7-4-10(22-1-19-4)28-13(25-7)32-35(31,33-14-26-8(17)5-11(29-14)23-2-20-5)34-15-27-9(18)6-12(30-15)24-3-21-6/h1-3H,(H3,16,19,22,25,28)(H3,17,20,23,26,29)(H3,18,21,24,27,30). The van der Waals surface area contributed by atoms with E-state index in [0.717, 1.165) is 0 Å². The van der Waals surface area contributed by atoms with Gasteiger partial charge >= 0.3 is 25.9 Å². The third kappa shape index (κ3) is 3.56. The summed E-state index contributed by atoms with van der Waals surface area (Å²) in [6.45, 7) is 0. The molecule has 35 heavy (non-hydrogen) atoms. The monoisotopic (exact) mass is 497 g/mol. The number of phosphoric ester groups is 1. The number of nitrogens with zero attached hydrogens (tertiary/aromatic N) is 9. The fraction of sp³-hybridized carbons (Fsp3) is 0. The molecule has 0 bridgehead atoms. The van der Waals surface area contributed by atoms with Gasteiger partial charge in [0.1, 0.15) is 16.6 Å². The SMILES string of the molecule is Nc1nc(OP(=O)(Oc2nc(N)c3[nH]cnc3n2)Oc2nc(N)c3[nH]cnc3n2)nc2nc[nH]c12. The lowest BCUT2D eigenvalue weighted by Gasteiger charge is -2.16. The highest BCUT2D eigenvalue weighted by atomic mass is 31.2. The molecule has 6 aromatic heterocycles. The average Bonchev–Trinajstić information content (AvgIpc) is 3.53. The lowest BCUT2D eigenvalue weighted by atomic mass is 10.5. The van der Waals surface area contributed by atoms with Crippen LogP contribution in [0.3, 0.4) is 0 Å². The fourth-order valence-electron chi connectivity index (χ4n) is 2.98. The topological polar surface area (TPSA) is 286 Å². The minimum Gasteiger partial charge on any atom is -0.382 e. The zero-order chi connectivity index (χ0) is 24.2. The number of hydrogen-bond donors (Lipinski definition) is 6. The molecular weight excluding hydrogens is 485 g/mol. The Morgan fingerprint density at radius 2 is 0.886 bits per heavy atom. The van der Waals surface area contributed by atoms with Crippen molar-refractivity contribution in [1.82, 2.24) is 59.8 Å². The molecule has 6 heterocycles. The van der Waals surface area contributed by atoms with E-state index in [2.05, 4.69) is 59.8 Å². The van der Waals surface area contributed by atoms with Crippen molar-refractivity contribution >= 4 is 58.8 Å². The molecule has 0 spiro atoms. The maximum atomic E-state index is 13.8. The molecule has 176 valence electrons. The van der Waals surface area contributed by atoms with E-state index in [9.17, 15) is 4.57 Å². The number of aromatic nitrogens is 12. The highest BCUT2D eigenvalue weighted by Crippen LogP contribution is 2.48. The van der Waals surface area contributed by atoms with Crippen LogP contribution in [0, 0.1) is 0 Å². The number of hydrogen-bond acceptors (Lipinski definition) is 16. The lowest BCUT2D eigenvalue weighted by molar-refractivity contribution is 0.276. The quantitative estimate of drug-likeness (QED) is 0.166. The van der Waals surface area contributed by atoms with E-state index in [1.54, 1.807) is 0 Å². The molecule has 0 aromatic carbocycles. The van der Waals surface area contributed by atoms with Gasteiger partial charge in [-0.2, -0.15) is 34.5 Å². The molecule has 0 aliphatic carbocycles. The second-order valence-electron chi connectivity index (χ2n) is 6.70. The first kappa shape index (κ1) is 20.3. The zero-order valence-electron chi connectivity index (χ0n) is 17.1. The van der Waals surface area contributed by atoms with Crippen molar-refractivity contribution in [3.8, 4) is 18.0 Å². The molecule has 0 fully saturated rings. The molecule has 0 amide bonds. The second kappa shape index (κ2) is 7.35. The maximum absolute atomic E-state index is 13.8. The molecule has 0 aliphatic heterocycles. The third-order valence-electron chi connectivity index (χ3n) is 4.46. The number of anilines is 3. The highest BCUT2D eigenvalue weighted by Gasteiger charge is 2.38. The van der Waals surface area contributed by atoms with Gasteiger partial charge in [0.05, 0.1) is 19.0 Å². The number of nitrogens with two attached hydrogens (primary N) is 3. The summed E-state index contributed by atoms with van der Waals surface area (Å²) in [5.41, 5.74) is 19.1. The van der Waals surface area contributed by atoms with Gasteiger partial charge in [-0.05, 0) is 0 Å². The summed E-state index contributed by atoms with van der Waals surface area (Å²) >= 11 is 0. The number of nitrogen functional groups attached to an aromatic ring is 3. The average molecular weight is 497 g/mol. The van der Waals surface area contributed by atoms with Gasteiger partial charge in [0.2, 0.25) is 0 Å². The van der Waals surface area contributed by atoms with Crippen LogP contribution in [-0.2, 0) is 4.57 Å². The van der Waals surface area contributed by atoms with Crippen molar-refractivity contribution in [2.24, 2.45) is 0 Å². The molecule has 0 saturated carbocycles. The number of fused-ring (bicyclic) bond motifs is 3. The van der Waals surface area contributed by atoms with Gasteiger partial charge in [-0.3, -0.25) is 0 Å². The molecular formula is C15H12N15O4P. The summed E-state index contributed by atoms with van der Waals surface area (Å²) < 4.78 is 29.9. The van der Waals surface area contributed by atoms with Crippen LogP contribution in [0.2, 0.25) is 0 Å². The summed E-state index contributed by atoms with van der Waals surface area (Å²) in [4.78, 5) is 44.1. The first-order valence-corrected chi connectivity index (χ1v) is 10.9. The van der Waals surface area contributed by atoms with Crippen molar-refractivity contribution < 1.29 is 18.1 Å². The van der Waals surface area contributed by atoms with E-state index >= 15 is 0 Å². The number of nitrogens with one attached hydrogen (secondary N) is 3. The van der Waals surface area contributed by atoms with Crippen LogP contribution in [-0.4, -0.2) is 59.8 Å². The number of H-pyrrole nitrogens is 3. The van der Waals surface area contributed by atoms with Gasteiger partial charge in [-0.1, -0.05) is 0 Å². The van der Waals surface area contributed by atoms with Gasteiger partial charge < -0.3 is 45.7 Å². The third-order valence-corrected chi connectivity index (χ3v) is 5.62. The Balaban J connectivity index is 1.42. The van der Waals surface area contributed by atoms with Crippen molar-refractivity contribution in [1.29, 1.82) is 0 Å². The first-order chi connectivity index (χ1) is 16.9. The summed E-state index contributed by atoms with van der Waals surface area (Å²) in [5.74, 6) is -0.109. The van der Waals surface area contributed by atoms with Gasteiger partial charge in [0.25, 0.3) is 0 Å². The van der Waals surface area contributed by atoms with Crippen LogP contribution < -0.4 is 30.8 Å². The van der Waals surface area contributed by atoms with E-state index < -0.39 is 25.9 Å². The molecule has 0 saturated heterocycles. The molecule has 6 aromatic rings. The summed E-state index contributed by atoms with van der Waals surface area (Å²) in [5, 5.41) is 0. The minimum atomic E-state index is -4.78. The highest BCUT2D eigenvalue weighted by molar-refractivity contribution is 7.49. The van der Waals surface area contributed by atoms with Crippen molar-refractivity contribution in [3.63, 3.8) is 0 Å². The first-order valence-electron chi connectivity index (χ1n) is 9.45. The van der Waals surface area contributed by atoms with E-state index in [0.29, 0.717) is 16.6 Å². The van der Waals surface area contributed by atoms with E-state index in [-0.39, 0.29) is 34.4 Å². The van der Waals surface area contributed by atoms with Crippen molar-refractivity contribution in [2.75, 3.05) is 17.2 Å². The van der Waals surface area contributed by atoms with Crippen molar-refractivity contribution in [2.45, 2.75) is 0 Å². The van der Waals surface area contributed by atoms with Crippen LogP contribution in [0.25, 0.3) is 33.5 Å². The molecule has 0 aliphatic rings. The Morgan fingerprint density at radius 3 is 1.20 bits per heavy atom. The molecule has 6 rings (SSSR count). The molecule has 20 heteroatoms. The van der Waals surface area contributed by atoms with E-state index in [1.165, 1.54) is 19.0 Å². The molecule has 0 unspecified atom stereocenters. The van der Waals surface area contributed by atoms with Crippen LogP contribution >= 0.6 is 7.82 Å². The zero-order valence-corrected chi connectivity index (χ0v) is 18.0. The molecule has 19 nitrogen and oxygen atoms in total. The van der Waals surface area contributed by atoms with Crippen LogP contribution in [0.4, 0.5) is 17.5 Å². The minimum absolute atomic E-state index is 0.0362. The van der Waals surface area contributed by atoms with Gasteiger partial charge in [0, 0.05) is 0 Å². The molecule has 9 N–H and O–H groups in total. The van der Waals surface area contributed by atoms with E-state index in [1.807, 2.05) is 0 Å². The van der Waals surface area contributed by atoms with Gasteiger partial charge in [-0.25, -0.2) is 15.0 Å². The smallest absolute Gasteiger partial charge is 0.382 e. The number of rotatable bonds is 6. The predicted octanol–water partition coefficient (Wildman–Crippen LogP) is 0.0770. The lowest BCUT2D eigenvalue weighted by Crippen LogP contribution is -2.13. The maximum Gasteiger partial charge on any atom is 0.654 e. The summed E-state index contributed by atoms with van der Waals surface area (Å²) in [6, 6.07) is -1.48. The Bertz CT molecular complexity index is 1570. The summed E-state index contributed by atoms with van der Waals surface area (Å²) in [6.07, 6.45) is 4.03. The van der Waals surface area contributed by atoms with Crippen LogP contribution in [0.5, 0.6) is 18.0 Å². The Hall–Kier alpha value is -5.32. The largest absolute Gasteiger partial charge is 0.654 e. The van der Waals surface area contributed by atoms with Gasteiger partial charge in [0.15, 0.2) is 34.4 Å². The van der Waals surface area contributed by atoms with E-state index in [4.69, 9.17) is 30.8 Å². The second-order valence-corrected chi connectivity index (χ2v) is 8.14. The van der Waals surface area contributed by atoms with Crippen LogP contribution in [0.1, 0.15) is 0 Å². The molecule has 0 radical (unpaired) electrons. The Labute approximate surface area is 191 Å². The van der Waals surface area contributed by atoms with Crippen molar-refractivity contribution in [3.05, 3.63) is 19.0 Å². The summed E-state index contributed by atoms with van der Waals surface area (Å²) in [7, 11) is -4.78. The Morgan fingerprint density at radius 1 is 0.571 bits per heavy atom. The predicted molar refractivity (Wildman–Crippen MR) is 118 cm³/mol. The number of imidazole rings is 3. The fourth-order valence-corrected chi connectivity index (χ4v) is 3.94. The normalized spacial score (nSPS) is 11.9. The van der Waals surface area contributed by atoms with Gasteiger partial charge in [-0.15, -0.1) is 0 Å².